The molecule has 2 aromatic heterocycles. The molecule has 4 heteroatoms. The highest BCUT2D eigenvalue weighted by molar-refractivity contribution is 5.23. The third-order valence-electron chi connectivity index (χ3n) is 3.74. The first-order valence-electron chi connectivity index (χ1n) is 7.80. The highest BCUT2D eigenvalue weighted by Crippen LogP contribution is 2.19. The van der Waals surface area contributed by atoms with Crippen molar-refractivity contribution in [3.05, 3.63) is 47.0 Å². The van der Waals surface area contributed by atoms with Crippen LogP contribution in [0.3, 0.4) is 0 Å². The lowest BCUT2D eigenvalue weighted by Crippen LogP contribution is -2.25. The van der Waals surface area contributed by atoms with E-state index in [1.807, 2.05) is 24.1 Å². The van der Waals surface area contributed by atoms with Gasteiger partial charge in [-0.2, -0.15) is 5.10 Å². The van der Waals surface area contributed by atoms with Crippen LogP contribution >= 0.6 is 0 Å². The van der Waals surface area contributed by atoms with Gasteiger partial charge in [-0.3, -0.25) is 9.67 Å². The molecule has 0 spiro atoms. The normalized spacial score (nSPS) is 12.6. The Balaban J connectivity index is 2.21. The Labute approximate surface area is 127 Å². The fourth-order valence-corrected chi connectivity index (χ4v) is 2.54. The number of rotatable bonds is 7. The smallest absolute Gasteiger partial charge is 0.0624 e. The molecule has 0 aliphatic rings. The molecule has 2 aromatic rings. The predicted octanol–water partition coefficient (Wildman–Crippen LogP) is 2.97. The van der Waals surface area contributed by atoms with E-state index in [9.17, 15) is 0 Å². The van der Waals surface area contributed by atoms with Gasteiger partial charge in [0.2, 0.25) is 0 Å². The van der Waals surface area contributed by atoms with E-state index in [1.165, 1.54) is 16.8 Å². The van der Waals surface area contributed by atoms with Gasteiger partial charge in [0.15, 0.2) is 0 Å². The fourth-order valence-electron chi connectivity index (χ4n) is 2.54. The Morgan fingerprint density at radius 1 is 1.24 bits per heavy atom. The maximum atomic E-state index is 4.55. The molecule has 2 rings (SSSR count). The van der Waals surface area contributed by atoms with Crippen molar-refractivity contribution in [2.24, 2.45) is 7.05 Å². The molecular weight excluding hydrogens is 260 g/mol. The highest BCUT2D eigenvalue weighted by atomic mass is 15.3. The van der Waals surface area contributed by atoms with Crippen LogP contribution in [0.1, 0.15) is 48.8 Å². The van der Waals surface area contributed by atoms with E-state index >= 15 is 0 Å². The van der Waals surface area contributed by atoms with Crippen molar-refractivity contribution in [3.8, 4) is 0 Å². The zero-order valence-electron chi connectivity index (χ0n) is 13.6. The monoisotopic (exact) mass is 286 g/mol. The van der Waals surface area contributed by atoms with Gasteiger partial charge in [0.1, 0.15) is 0 Å². The molecule has 0 bridgehead atoms. The first-order chi connectivity index (χ1) is 10.1. The number of hydrogen-bond acceptors (Lipinski definition) is 3. The lowest BCUT2D eigenvalue weighted by Gasteiger charge is -2.19. The van der Waals surface area contributed by atoms with Crippen molar-refractivity contribution in [1.29, 1.82) is 0 Å². The number of aromatic nitrogens is 3. The van der Waals surface area contributed by atoms with Crippen LogP contribution in [0.15, 0.2) is 24.5 Å². The predicted molar refractivity (Wildman–Crippen MR) is 86.3 cm³/mol. The summed E-state index contributed by atoms with van der Waals surface area (Å²) in [5.74, 6) is 0. The summed E-state index contributed by atoms with van der Waals surface area (Å²) in [6.45, 7) is 7.44. The van der Waals surface area contributed by atoms with Crippen molar-refractivity contribution in [2.75, 3.05) is 6.54 Å². The Morgan fingerprint density at radius 2 is 2.05 bits per heavy atom. The summed E-state index contributed by atoms with van der Waals surface area (Å²) in [7, 11) is 2.03. The van der Waals surface area contributed by atoms with E-state index < -0.39 is 0 Å². The van der Waals surface area contributed by atoms with Gasteiger partial charge < -0.3 is 5.32 Å². The topological polar surface area (TPSA) is 42.7 Å². The molecule has 0 amide bonds. The van der Waals surface area contributed by atoms with Gasteiger partial charge in [-0.1, -0.05) is 19.9 Å². The highest BCUT2D eigenvalue weighted by Gasteiger charge is 2.15. The maximum Gasteiger partial charge on any atom is 0.0624 e. The molecule has 1 unspecified atom stereocenters. The lowest BCUT2D eigenvalue weighted by molar-refractivity contribution is 0.510. The number of nitrogens with one attached hydrogen (secondary N) is 1. The van der Waals surface area contributed by atoms with Crippen molar-refractivity contribution in [2.45, 2.75) is 46.1 Å². The summed E-state index contributed by atoms with van der Waals surface area (Å²) < 4.78 is 2.00. The van der Waals surface area contributed by atoms with Crippen LogP contribution in [0.5, 0.6) is 0 Å². The molecule has 0 radical (unpaired) electrons. The summed E-state index contributed by atoms with van der Waals surface area (Å²) in [6, 6.07) is 4.72. The third-order valence-corrected chi connectivity index (χ3v) is 3.74. The van der Waals surface area contributed by atoms with Crippen LogP contribution in [0, 0.1) is 6.92 Å². The van der Waals surface area contributed by atoms with Crippen LogP contribution in [0.25, 0.3) is 0 Å². The van der Waals surface area contributed by atoms with Crippen LogP contribution in [0.2, 0.25) is 0 Å². The van der Waals surface area contributed by atoms with Crippen LogP contribution in [-0.4, -0.2) is 21.3 Å². The third kappa shape index (κ3) is 4.14. The minimum atomic E-state index is 0.289. The summed E-state index contributed by atoms with van der Waals surface area (Å²) in [4.78, 5) is 4.34. The van der Waals surface area contributed by atoms with E-state index in [1.54, 1.807) is 0 Å². The number of nitrogens with zero attached hydrogens (tertiary/aromatic N) is 3. The van der Waals surface area contributed by atoms with Crippen molar-refractivity contribution in [1.82, 2.24) is 20.1 Å². The molecule has 1 atom stereocenters. The van der Waals surface area contributed by atoms with E-state index in [0.717, 1.165) is 31.5 Å². The molecule has 0 fully saturated rings. The van der Waals surface area contributed by atoms with E-state index in [-0.39, 0.29) is 6.04 Å². The second kappa shape index (κ2) is 7.36. The summed E-state index contributed by atoms with van der Waals surface area (Å²) in [5.41, 5.74) is 4.88. The Hall–Kier alpha value is -1.68. The summed E-state index contributed by atoms with van der Waals surface area (Å²) >= 11 is 0. The van der Waals surface area contributed by atoms with Gasteiger partial charge >= 0.3 is 0 Å². The van der Waals surface area contributed by atoms with Crippen LogP contribution in [-0.2, 0) is 19.9 Å². The van der Waals surface area contributed by atoms with Crippen molar-refractivity contribution in [3.63, 3.8) is 0 Å². The molecule has 0 aliphatic carbocycles. The van der Waals surface area contributed by atoms with Gasteiger partial charge in [-0.15, -0.1) is 0 Å². The Morgan fingerprint density at radius 3 is 2.67 bits per heavy atom. The zero-order chi connectivity index (χ0) is 15.2. The van der Waals surface area contributed by atoms with Gasteiger partial charge in [-0.05, 0) is 43.5 Å². The number of pyridine rings is 1. The van der Waals surface area contributed by atoms with Crippen molar-refractivity contribution >= 4 is 0 Å². The Bertz CT molecular complexity index is 574. The minimum Gasteiger partial charge on any atom is -0.310 e. The molecule has 0 aliphatic heterocycles. The second-order valence-electron chi connectivity index (χ2n) is 5.61. The van der Waals surface area contributed by atoms with Gasteiger partial charge in [0, 0.05) is 37.6 Å². The number of hydrogen-bond donors (Lipinski definition) is 1. The van der Waals surface area contributed by atoms with Crippen molar-refractivity contribution < 1.29 is 0 Å². The minimum absolute atomic E-state index is 0.289. The Kier molecular flexibility index (Phi) is 5.51. The molecule has 0 aromatic carbocycles. The summed E-state index contributed by atoms with van der Waals surface area (Å²) in [6.07, 6.45) is 6.92. The summed E-state index contributed by atoms with van der Waals surface area (Å²) in [5, 5.41) is 8.18. The molecule has 4 nitrogen and oxygen atoms in total. The van der Waals surface area contributed by atoms with Gasteiger partial charge in [0.05, 0.1) is 5.69 Å². The molecule has 2 heterocycles. The molecule has 0 saturated heterocycles. The first-order valence-corrected chi connectivity index (χ1v) is 7.80. The molecule has 114 valence electrons. The van der Waals surface area contributed by atoms with Crippen LogP contribution < -0.4 is 5.32 Å². The average molecular weight is 286 g/mol. The quantitative estimate of drug-likeness (QED) is 0.851. The van der Waals surface area contributed by atoms with E-state index in [4.69, 9.17) is 0 Å². The van der Waals surface area contributed by atoms with E-state index in [2.05, 4.69) is 48.3 Å². The zero-order valence-corrected chi connectivity index (χ0v) is 13.6. The van der Waals surface area contributed by atoms with Gasteiger partial charge in [0.25, 0.3) is 0 Å². The second-order valence-corrected chi connectivity index (χ2v) is 5.61. The maximum absolute atomic E-state index is 4.55. The number of aryl methyl sites for hydroxylation is 3. The molecular formula is C17H26N4. The van der Waals surface area contributed by atoms with Gasteiger partial charge in [-0.25, -0.2) is 0 Å². The van der Waals surface area contributed by atoms with E-state index in [0.29, 0.717) is 0 Å². The lowest BCUT2D eigenvalue weighted by atomic mass is 10.0. The van der Waals surface area contributed by atoms with Crippen LogP contribution in [0.4, 0.5) is 0 Å². The largest absolute Gasteiger partial charge is 0.310 e. The first kappa shape index (κ1) is 15.7. The fraction of sp³-hybridized carbons (Fsp3) is 0.529. The molecule has 0 saturated carbocycles. The average Bonchev–Trinajstić information content (AvgIpc) is 2.83. The molecule has 21 heavy (non-hydrogen) atoms. The SMILES string of the molecule is CCCNC(Cc1cc(CC)nn1C)c1cncc(C)c1. The standard InChI is InChI=1S/C17H26N4/c1-5-7-19-17(14-8-13(3)11-18-12-14)10-16-9-15(6-2)20-21(16)4/h8-9,11-12,17,19H,5-7,10H2,1-4H3. The molecule has 1 N–H and O–H groups in total.